The molecule has 3 aromatic rings. The Balaban J connectivity index is 1.73. The Hall–Kier alpha value is -3.62. The number of amides is 1. The molecule has 1 unspecified atom stereocenters. The first-order valence-corrected chi connectivity index (χ1v) is 12.6. The molecule has 0 radical (unpaired) electrons. The molecule has 36 heavy (non-hydrogen) atoms. The molecule has 0 saturated carbocycles. The summed E-state index contributed by atoms with van der Waals surface area (Å²) in [4.78, 5) is 22.9. The summed E-state index contributed by atoms with van der Waals surface area (Å²) in [6.07, 6.45) is 2.80. The van der Waals surface area contributed by atoms with Gasteiger partial charge in [0, 0.05) is 6.42 Å². The SMILES string of the molecule is CC(Oc1cc(/C=C\SC(=S)N(C=O)CC(=O)O)ccc1OCCc1ccccc1)c1ccccc1. The van der Waals surface area contributed by atoms with Gasteiger partial charge in [0.05, 0.1) is 6.61 Å². The van der Waals surface area contributed by atoms with Gasteiger partial charge in [-0.3, -0.25) is 14.5 Å². The number of thioether (sulfide) groups is 1. The van der Waals surface area contributed by atoms with Crippen molar-refractivity contribution in [2.24, 2.45) is 0 Å². The van der Waals surface area contributed by atoms with Crippen LogP contribution in [0.1, 0.15) is 29.7 Å². The molecular formula is C28H27NO5S2. The lowest BCUT2D eigenvalue weighted by Gasteiger charge is -2.19. The van der Waals surface area contributed by atoms with Crippen LogP contribution in [0.5, 0.6) is 11.5 Å². The highest BCUT2D eigenvalue weighted by molar-refractivity contribution is 8.24. The van der Waals surface area contributed by atoms with Gasteiger partial charge in [-0.05, 0) is 47.2 Å². The lowest BCUT2D eigenvalue weighted by Crippen LogP contribution is -2.31. The minimum absolute atomic E-state index is 0.152. The van der Waals surface area contributed by atoms with Gasteiger partial charge in [-0.1, -0.05) is 90.7 Å². The number of thiocarbonyl (C=S) groups is 1. The smallest absolute Gasteiger partial charge is 0.323 e. The molecule has 0 aliphatic heterocycles. The van der Waals surface area contributed by atoms with Crippen LogP contribution in [0.2, 0.25) is 0 Å². The van der Waals surface area contributed by atoms with E-state index in [4.69, 9.17) is 26.8 Å². The van der Waals surface area contributed by atoms with Crippen LogP contribution in [-0.4, -0.2) is 39.9 Å². The van der Waals surface area contributed by atoms with Crippen LogP contribution in [0, 0.1) is 0 Å². The van der Waals surface area contributed by atoms with E-state index >= 15 is 0 Å². The number of ether oxygens (including phenoxy) is 2. The van der Waals surface area contributed by atoms with Gasteiger partial charge in [0.1, 0.15) is 17.0 Å². The zero-order valence-electron chi connectivity index (χ0n) is 19.8. The van der Waals surface area contributed by atoms with E-state index in [1.165, 1.54) is 5.56 Å². The monoisotopic (exact) mass is 521 g/mol. The summed E-state index contributed by atoms with van der Waals surface area (Å²) < 4.78 is 12.5. The number of rotatable bonds is 12. The Bertz CT molecular complexity index is 1190. The Labute approximate surface area is 220 Å². The van der Waals surface area contributed by atoms with Crippen molar-refractivity contribution in [3.63, 3.8) is 0 Å². The molecule has 0 saturated heterocycles. The molecule has 1 atom stereocenters. The molecule has 0 spiro atoms. The van der Waals surface area contributed by atoms with Crippen molar-refractivity contribution in [2.75, 3.05) is 13.2 Å². The molecule has 0 aliphatic carbocycles. The lowest BCUT2D eigenvalue weighted by atomic mass is 10.1. The number of carboxylic acid groups (broad SMARTS) is 1. The highest BCUT2D eigenvalue weighted by Crippen LogP contribution is 2.33. The molecule has 0 heterocycles. The second-order valence-corrected chi connectivity index (χ2v) is 9.31. The summed E-state index contributed by atoms with van der Waals surface area (Å²) >= 11 is 6.24. The maximum Gasteiger partial charge on any atom is 0.323 e. The van der Waals surface area contributed by atoms with Crippen LogP contribution >= 0.6 is 24.0 Å². The van der Waals surface area contributed by atoms with Gasteiger partial charge in [0.15, 0.2) is 11.5 Å². The van der Waals surface area contributed by atoms with Crippen molar-refractivity contribution in [2.45, 2.75) is 19.4 Å². The Morgan fingerprint density at radius 1 is 1.06 bits per heavy atom. The van der Waals surface area contributed by atoms with Gasteiger partial charge in [0.2, 0.25) is 6.41 Å². The number of carbonyl (C=O) groups is 2. The normalized spacial score (nSPS) is 11.6. The van der Waals surface area contributed by atoms with Crippen LogP contribution < -0.4 is 9.47 Å². The molecule has 6 nitrogen and oxygen atoms in total. The van der Waals surface area contributed by atoms with Gasteiger partial charge in [-0.2, -0.15) is 0 Å². The minimum Gasteiger partial charge on any atom is -0.489 e. The number of benzene rings is 3. The average Bonchev–Trinajstić information content (AvgIpc) is 2.89. The van der Waals surface area contributed by atoms with Crippen molar-refractivity contribution in [1.29, 1.82) is 0 Å². The van der Waals surface area contributed by atoms with Gasteiger partial charge in [-0.25, -0.2) is 0 Å². The molecule has 186 valence electrons. The number of hydrogen-bond acceptors (Lipinski definition) is 6. The molecule has 1 amide bonds. The second-order valence-electron chi connectivity index (χ2n) is 7.77. The zero-order valence-corrected chi connectivity index (χ0v) is 21.4. The van der Waals surface area contributed by atoms with E-state index in [0.717, 1.165) is 34.2 Å². The van der Waals surface area contributed by atoms with Gasteiger partial charge < -0.3 is 14.6 Å². The number of carbonyl (C=O) groups excluding carboxylic acids is 1. The topological polar surface area (TPSA) is 76.1 Å². The predicted molar refractivity (Wildman–Crippen MR) is 147 cm³/mol. The fourth-order valence-electron chi connectivity index (χ4n) is 3.27. The third-order valence-electron chi connectivity index (χ3n) is 5.13. The van der Waals surface area contributed by atoms with E-state index in [2.05, 4.69) is 12.1 Å². The van der Waals surface area contributed by atoms with E-state index in [9.17, 15) is 9.59 Å². The first-order valence-electron chi connectivity index (χ1n) is 11.3. The van der Waals surface area contributed by atoms with E-state index in [1.807, 2.05) is 79.7 Å². The Morgan fingerprint density at radius 2 is 1.75 bits per heavy atom. The molecule has 3 aromatic carbocycles. The largest absolute Gasteiger partial charge is 0.489 e. The van der Waals surface area contributed by atoms with Crippen LogP contribution in [0.25, 0.3) is 6.08 Å². The number of carboxylic acids is 1. The van der Waals surface area contributed by atoms with E-state index in [1.54, 1.807) is 5.41 Å². The molecule has 1 N–H and O–H groups in total. The van der Waals surface area contributed by atoms with E-state index in [-0.39, 0.29) is 10.4 Å². The average molecular weight is 522 g/mol. The standard InChI is InChI=1S/C28H27NO5S2/c1-21(24-10-6-3-7-11-24)34-26-18-23(15-17-36-28(35)29(20-30)19-27(31)32)12-13-25(26)33-16-14-22-8-4-2-5-9-22/h2-13,15,17-18,20-21H,14,16,19H2,1H3,(H,31,32)/b17-15-. The number of hydrogen-bond donors (Lipinski definition) is 1. The second kappa shape index (κ2) is 14.1. The summed E-state index contributed by atoms with van der Waals surface area (Å²) in [6, 6.07) is 25.7. The summed E-state index contributed by atoms with van der Waals surface area (Å²) in [5.74, 6) is 0.114. The number of nitrogens with zero attached hydrogens (tertiary/aromatic N) is 1. The highest BCUT2D eigenvalue weighted by Gasteiger charge is 2.14. The molecule has 8 heteroatoms. The molecule has 0 aliphatic rings. The Morgan fingerprint density at radius 3 is 2.42 bits per heavy atom. The number of aliphatic carboxylic acids is 1. The Kier molecular flexibility index (Phi) is 10.5. The first kappa shape index (κ1) is 27.0. The van der Waals surface area contributed by atoms with Crippen LogP contribution in [0.4, 0.5) is 0 Å². The molecule has 0 bridgehead atoms. The third-order valence-corrected chi connectivity index (χ3v) is 6.36. The fourth-order valence-corrected chi connectivity index (χ4v) is 4.13. The highest BCUT2D eigenvalue weighted by atomic mass is 32.2. The molecule has 0 fully saturated rings. The summed E-state index contributed by atoms with van der Waals surface area (Å²) in [6.45, 7) is 2.01. The molecular weight excluding hydrogens is 494 g/mol. The van der Waals surface area contributed by atoms with Crippen molar-refractivity contribution in [1.82, 2.24) is 4.90 Å². The predicted octanol–water partition coefficient (Wildman–Crippen LogP) is 5.98. The summed E-state index contributed by atoms with van der Waals surface area (Å²) in [7, 11) is 0. The van der Waals surface area contributed by atoms with Gasteiger partial charge >= 0.3 is 5.97 Å². The maximum atomic E-state index is 11.1. The summed E-state index contributed by atoms with van der Waals surface area (Å²) in [5, 5.41) is 10.6. The van der Waals surface area contributed by atoms with Gasteiger partial charge in [0.25, 0.3) is 0 Å². The van der Waals surface area contributed by atoms with E-state index < -0.39 is 12.5 Å². The third kappa shape index (κ3) is 8.55. The van der Waals surface area contributed by atoms with Crippen LogP contribution in [0.3, 0.4) is 0 Å². The quantitative estimate of drug-likeness (QED) is 0.232. The molecule has 0 aromatic heterocycles. The van der Waals surface area contributed by atoms with Crippen molar-refractivity contribution >= 4 is 46.8 Å². The molecule has 3 rings (SSSR count). The van der Waals surface area contributed by atoms with Crippen molar-refractivity contribution < 1.29 is 24.2 Å². The van der Waals surface area contributed by atoms with Crippen molar-refractivity contribution in [3.05, 3.63) is 101 Å². The minimum atomic E-state index is -1.13. The van der Waals surface area contributed by atoms with Crippen LogP contribution in [-0.2, 0) is 16.0 Å². The zero-order chi connectivity index (χ0) is 25.8. The summed E-state index contributed by atoms with van der Waals surface area (Å²) in [5.41, 5.74) is 3.08. The van der Waals surface area contributed by atoms with Crippen LogP contribution in [0.15, 0.2) is 84.3 Å². The van der Waals surface area contributed by atoms with Crippen molar-refractivity contribution in [3.8, 4) is 11.5 Å². The fraction of sp³-hybridized carbons (Fsp3) is 0.179. The van der Waals surface area contributed by atoms with E-state index in [0.29, 0.717) is 24.5 Å². The lowest BCUT2D eigenvalue weighted by molar-refractivity contribution is -0.139. The maximum absolute atomic E-state index is 11.1. The first-order chi connectivity index (χ1) is 17.5. The van der Waals surface area contributed by atoms with Gasteiger partial charge in [-0.15, -0.1) is 0 Å².